The van der Waals surface area contributed by atoms with Crippen LogP contribution in [0, 0.1) is 10.7 Å². The number of carbonyl (C=O) groups is 4. The monoisotopic (exact) mass is 687 g/mol. The molecule has 1 aromatic rings. The predicted octanol–water partition coefficient (Wildman–Crippen LogP) is 0.733. The van der Waals surface area contributed by atoms with Crippen LogP contribution in [0.15, 0.2) is 0 Å². The maximum absolute atomic E-state index is 12.3. The standard InChI is InChI=1S/C13H12I3N3O6/c1-3(20)12(24)19-10-8(15)5(11(17)23)7(14)6(9(10)16)13(25)18-2-4(21)22/h3,20H,2H2,1H3,(H2,17,23)(H,18,25)(H,19,24)(H,21,22). The molecule has 0 aliphatic carbocycles. The fourth-order valence-corrected chi connectivity index (χ4v) is 6.12. The van der Waals surface area contributed by atoms with Crippen LogP contribution in [-0.2, 0) is 9.59 Å². The molecule has 0 spiro atoms. The number of nitrogens with one attached hydrogen (secondary N) is 2. The van der Waals surface area contributed by atoms with Crippen molar-refractivity contribution in [1.29, 1.82) is 0 Å². The highest BCUT2D eigenvalue weighted by atomic mass is 127. The highest BCUT2D eigenvalue weighted by Gasteiger charge is 2.28. The van der Waals surface area contributed by atoms with Crippen molar-refractivity contribution in [2.45, 2.75) is 13.0 Å². The van der Waals surface area contributed by atoms with E-state index in [1.807, 2.05) is 0 Å². The van der Waals surface area contributed by atoms with E-state index >= 15 is 0 Å². The zero-order valence-electron chi connectivity index (χ0n) is 12.5. The number of nitrogens with two attached hydrogens (primary N) is 1. The number of halogens is 3. The van der Waals surface area contributed by atoms with Gasteiger partial charge in [0.15, 0.2) is 0 Å². The van der Waals surface area contributed by atoms with Crippen molar-refractivity contribution in [3.8, 4) is 0 Å². The van der Waals surface area contributed by atoms with E-state index in [1.165, 1.54) is 6.92 Å². The van der Waals surface area contributed by atoms with E-state index in [1.54, 1.807) is 67.8 Å². The molecule has 0 saturated carbocycles. The molecule has 1 aromatic carbocycles. The molecule has 0 radical (unpaired) electrons. The van der Waals surface area contributed by atoms with Gasteiger partial charge < -0.3 is 26.6 Å². The number of carbonyl (C=O) groups excluding carboxylic acids is 3. The Hall–Kier alpha value is -0.750. The molecule has 0 saturated heterocycles. The summed E-state index contributed by atoms with van der Waals surface area (Å²) >= 11 is 5.36. The number of aliphatic carboxylic acids is 1. The highest BCUT2D eigenvalue weighted by molar-refractivity contribution is 14.1. The lowest BCUT2D eigenvalue weighted by Crippen LogP contribution is -2.32. The van der Waals surface area contributed by atoms with E-state index in [0.717, 1.165) is 0 Å². The van der Waals surface area contributed by atoms with Gasteiger partial charge in [-0.3, -0.25) is 19.2 Å². The minimum Gasteiger partial charge on any atom is -0.480 e. The second kappa shape index (κ2) is 9.26. The van der Waals surface area contributed by atoms with Gasteiger partial charge in [-0.15, -0.1) is 0 Å². The number of primary amides is 1. The van der Waals surface area contributed by atoms with Gasteiger partial charge in [-0.1, -0.05) is 0 Å². The summed E-state index contributed by atoms with van der Waals surface area (Å²) in [6.07, 6.45) is -1.31. The molecule has 136 valence electrons. The molecule has 25 heavy (non-hydrogen) atoms. The Labute approximate surface area is 182 Å². The molecule has 1 atom stereocenters. The van der Waals surface area contributed by atoms with Crippen molar-refractivity contribution in [3.05, 3.63) is 21.8 Å². The van der Waals surface area contributed by atoms with Gasteiger partial charge in [-0.05, 0) is 74.7 Å². The van der Waals surface area contributed by atoms with Crippen LogP contribution in [0.4, 0.5) is 5.69 Å². The van der Waals surface area contributed by atoms with Gasteiger partial charge in [-0.2, -0.15) is 0 Å². The summed E-state index contributed by atoms with van der Waals surface area (Å²) in [6, 6.07) is 0. The zero-order chi connectivity index (χ0) is 19.5. The number of hydrogen-bond acceptors (Lipinski definition) is 5. The summed E-state index contributed by atoms with van der Waals surface area (Å²) < 4.78 is 0.827. The van der Waals surface area contributed by atoms with E-state index < -0.39 is 36.3 Å². The molecule has 0 fully saturated rings. The van der Waals surface area contributed by atoms with Crippen molar-refractivity contribution in [2.24, 2.45) is 5.73 Å². The molecule has 3 amide bonds. The number of benzene rings is 1. The molecule has 6 N–H and O–H groups in total. The average molecular weight is 687 g/mol. The quantitative estimate of drug-likeness (QED) is 0.278. The Morgan fingerprint density at radius 1 is 1.08 bits per heavy atom. The first-order chi connectivity index (χ1) is 11.5. The van der Waals surface area contributed by atoms with E-state index in [0.29, 0.717) is 3.57 Å². The van der Waals surface area contributed by atoms with Crippen molar-refractivity contribution in [3.63, 3.8) is 0 Å². The lowest BCUT2D eigenvalue weighted by atomic mass is 10.1. The van der Waals surface area contributed by atoms with E-state index in [-0.39, 0.29) is 24.0 Å². The maximum Gasteiger partial charge on any atom is 0.322 e. The number of carboxylic acids is 1. The molecule has 1 rings (SSSR count). The Morgan fingerprint density at radius 2 is 1.60 bits per heavy atom. The number of aliphatic hydroxyl groups is 1. The minimum atomic E-state index is -1.31. The van der Waals surface area contributed by atoms with Gasteiger partial charge in [-0.25, -0.2) is 0 Å². The van der Waals surface area contributed by atoms with Crippen LogP contribution in [0.3, 0.4) is 0 Å². The third kappa shape index (κ3) is 5.36. The van der Waals surface area contributed by atoms with E-state index in [2.05, 4.69) is 10.6 Å². The first-order valence-electron chi connectivity index (χ1n) is 6.48. The van der Waals surface area contributed by atoms with E-state index in [4.69, 9.17) is 10.8 Å². The van der Waals surface area contributed by atoms with Crippen LogP contribution in [-0.4, -0.2) is 46.6 Å². The summed E-state index contributed by atoms with van der Waals surface area (Å²) in [5.74, 6) is -3.52. The van der Waals surface area contributed by atoms with Crippen molar-refractivity contribution >= 4 is 97.2 Å². The number of hydrogen-bond donors (Lipinski definition) is 5. The molecule has 1 unspecified atom stereocenters. The topological polar surface area (TPSA) is 159 Å². The fourth-order valence-electron chi connectivity index (χ4n) is 1.66. The molecule has 0 aliphatic heterocycles. The zero-order valence-corrected chi connectivity index (χ0v) is 19.0. The Balaban J connectivity index is 3.58. The van der Waals surface area contributed by atoms with Crippen molar-refractivity contribution in [2.75, 3.05) is 11.9 Å². The molecule has 12 heteroatoms. The first kappa shape index (κ1) is 22.3. The Bertz CT molecular complexity index is 766. The SMILES string of the molecule is CC(O)C(=O)Nc1c(I)c(C(N)=O)c(I)c(C(=O)NCC(=O)O)c1I. The number of anilines is 1. The van der Waals surface area contributed by atoms with Crippen LogP contribution >= 0.6 is 67.8 Å². The first-order valence-corrected chi connectivity index (χ1v) is 9.71. The predicted molar refractivity (Wildman–Crippen MR) is 113 cm³/mol. The van der Waals surface area contributed by atoms with Crippen LogP contribution < -0.4 is 16.4 Å². The number of amides is 3. The van der Waals surface area contributed by atoms with Gasteiger partial charge >= 0.3 is 5.97 Å². The minimum absolute atomic E-state index is 0.0116. The van der Waals surface area contributed by atoms with Crippen molar-refractivity contribution in [1.82, 2.24) is 5.32 Å². The number of carboxylic acid groups (broad SMARTS) is 1. The molecule has 0 aromatic heterocycles. The van der Waals surface area contributed by atoms with Crippen LogP contribution in [0.25, 0.3) is 0 Å². The second-order valence-corrected chi connectivity index (χ2v) is 7.91. The molecule has 0 bridgehead atoms. The number of rotatable bonds is 6. The smallest absolute Gasteiger partial charge is 0.322 e. The summed E-state index contributed by atoms with van der Waals surface area (Å²) in [6.45, 7) is 0.648. The third-order valence-corrected chi connectivity index (χ3v) is 6.05. The van der Waals surface area contributed by atoms with Gasteiger partial charge in [0.05, 0.1) is 24.0 Å². The van der Waals surface area contributed by atoms with Crippen molar-refractivity contribution < 1.29 is 29.4 Å². The lowest BCUT2D eigenvalue weighted by Gasteiger charge is -2.18. The van der Waals surface area contributed by atoms with Gasteiger partial charge in [0, 0.05) is 3.57 Å². The fraction of sp³-hybridized carbons (Fsp3) is 0.231. The van der Waals surface area contributed by atoms with E-state index in [9.17, 15) is 24.3 Å². The van der Waals surface area contributed by atoms with Crippen LogP contribution in [0.2, 0.25) is 0 Å². The Kier molecular flexibility index (Phi) is 8.26. The lowest BCUT2D eigenvalue weighted by molar-refractivity contribution is -0.135. The summed E-state index contributed by atoms with van der Waals surface area (Å²) in [7, 11) is 0. The average Bonchev–Trinajstić information content (AvgIpc) is 2.48. The summed E-state index contributed by atoms with van der Waals surface area (Å²) in [5.41, 5.74) is 5.55. The molecule has 0 heterocycles. The second-order valence-electron chi connectivity index (χ2n) is 4.67. The summed E-state index contributed by atoms with van der Waals surface area (Å²) in [4.78, 5) is 46.6. The normalized spacial score (nSPS) is 11.6. The molecule has 9 nitrogen and oxygen atoms in total. The molecular weight excluding hydrogens is 675 g/mol. The van der Waals surface area contributed by atoms with Crippen LogP contribution in [0.5, 0.6) is 0 Å². The highest BCUT2D eigenvalue weighted by Crippen LogP contribution is 2.35. The Morgan fingerprint density at radius 3 is 2.04 bits per heavy atom. The van der Waals surface area contributed by atoms with Gasteiger partial charge in [0.1, 0.15) is 12.6 Å². The van der Waals surface area contributed by atoms with Crippen LogP contribution in [0.1, 0.15) is 27.6 Å². The summed E-state index contributed by atoms with van der Waals surface area (Å²) in [5, 5.41) is 22.7. The third-order valence-electron chi connectivity index (χ3n) is 2.82. The van der Waals surface area contributed by atoms with Gasteiger partial charge in [0.25, 0.3) is 17.7 Å². The largest absolute Gasteiger partial charge is 0.480 e. The van der Waals surface area contributed by atoms with Gasteiger partial charge in [0.2, 0.25) is 0 Å². The number of aliphatic hydroxyl groups excluding tert-OH is 1. The molecule has 0 aliphatic rings. The molecular formula is C13H12I3N3O6. The maximum atomic E-state index is 12.3.